The number of nitrogens with one attached hydrogen (secondary N) is 2. The smallest absolute Gasteiger partial charge is 0.222 e. The maximum atomic E-state index is 13.3. The topological polar surface area (TPSA) is 114 Å². The second-order valence-electron chi connectivity index (χ2n) is 12.7. The number of amides is 1. The summed E-state index contributed by atoms with van der Waals surface area (Å²) >= 11 is 7.92. The zero-order chi connectivity index (χ0) is 34.1. The third kappa shape index (κ3) is 6.80. The summed E-state index contributed by atoms with van der Waals surface area (Å²) in [6, 6.07) is 17.5. The summed E-state index contributed by atoms with van der Waals surface area (Å²) in [7, 11) is 0. The van der Waals surface area contributed by atoms with E-state index in [1.54, 1.807) is 17.5 Å². The Morgan fingerprint density at radius 1 is 0.959 bits per heavy atom. The van der Waals surface area contributed by atoms with Crippen LogP contribution in [0.4, 0.5) is 5.82 Å². The Bertz CT molecular complexity index is 2080. The second-order valence-corrected chi connectivity index (χ2v) is 14.4. The van der Waals surface area contributed by atoms with Crippen molar-refractivity contribution in [2.75, 3.05) is 18.4 Å². The lowest BCUT2D eigenvalue weighted by molar-refractivity contribution is -0.121. The molecule has 9 nitrogen and oxygen atoms in total. The molecule has 0 radical (unpaired) electrons. The maximum Gasteiger partial charge on any atom is 0.222 e. The van der Waals surface area contributed by atoms with Gasteiger partial charge in [0.15, 0.2) is 5.82 Å². The molecule has 1 amide bonds. The number of hydrogen-bond acceptors (Lipinski definition) is 8. The first-order valence-electron chi connectivity index (χ1n) is 16.7. The molecule has 7 rings (SSSR count). The van der Waals surface area contributed by atoms with E-state index in [2.05, 4.69) is 68.5 Å². The zero-order valence-corrected chi connectivity index (χ0v) is 29.4. The van der Waals surface area contributed by atoms with Crippen LogP contribution in [-0.2, 0) is 22.4 Å². The van der Waals surface area contributed by atoms with E-state index in [0.29, 0.717) is 30.2 Å². The van der Waals surface area contributed by atoms with Crippen molar-refractivity contribution in [2.45, 2.75) is 65.3 Å². The summed E-state index contributed by atoms with van der Waals surface area (Å²) in [6.07, 6.45) is 5.75. The van der Waals surface area contributed by atoms with Crippen molar-refractivity contribution in [3.8, 4) is 16.1 Å². The SMILES string of the molecule is Cc1sc2c(c1C)C(c1ccc(Cl)cc1)=N[C@@H](CC(=O)NCCCCCNc1ncccc1-c1ccc3c(c1)CC(=O)C3)c1nnc(C)n1-2. The highest BCUT2D eigenvalue weighted by molar-refractivity contribution is 7.15. The number of unbranched alkanes of at least 4 members (excludes halogenated alkanes) is 2. The Hall–Kier alpha value is -4.67. The number of hydrogen-bond donors (Lipinski definition) is 2. The van der Waals surface area contributed by atoms with E-state index in [1.165, 1.54) is 4.88 Å². The van der Waals surface area contributed by atoms with E-state index in [-0.39, 0.29) is 18.1 Å². The summed E-state index contributed by atoms with van der Waals surface area (Å²) in [6.45, 7) is 7.52. The maximum absolute atomic E-state index is 13.3. The Kier molecular flexibility index (Phi) is 9.42. The fourth-order valence-electron chi connectivity index (χ4n) is 6.64. The summed E-state index contributed by atoms with van der Waals surface area (Å²) in [4.78, 5) is 36.2. The van der Waals surface area contributed by atoms with Gasteiger partial charge in [-0.3, -0.25) is 19.1 Å². The highest BCUT2D eigenvalue weighted by Crippen LogP contribution is 2.39. The fraction of sp³-hybridized carbons (Fsp3) is 0.316. The van der Waals surface area contributed by atoms with Gasteiger partial charge in [-0.25, -0.2) is 4.98 Å². The van der Waals surface area contributed by atoms with Crippen molar-refractivity contribution in [3.05, 3.63) is 110 Å². The van der Waals surface area contributed by atoms with Crippen molar-refractivity contribution < 1.29 is 9.59 Å². The lowest BCUT2D eigenvalue weighted by Crippen LogP contribution is -2.26. The predicted octanol–water partition coefficient (Wildman–Crippen LogP) is 7.32. The molecule has 0 unspecified atom stereocenters. The molecule has 49 heavy (non-hydrogen) atoms. The Balaban J connectivity index is 0.958. The molecule has 0 bridgehead atoms. The number of fused-ring (bicyclic) bond motifs is 4. The van der Waals surface area contributed by atoms with E-state index in [0.717, 1.165) is 87.1 Å². The molecular formula is C38H38ClN7O2S. The molecule has 5 aromatic rings. The summed E-state index contributed by atoms with van der Waals surface area (Å²) in [5, 5.41) is 17.2. The van der Waals surface area contributed by atoms with Crippen LogP contribution in [0, 0.1) is 20.8 Å². The minimum absolute atomic E-state index is 0.0677. The summed E-state index contributed by atoms with van der Waals surface area (Å²) < 4.78 is 2.07. The van der Waals surface area contributed by atoms with Gasteiger partial charge >= 0.3 is 0 Å². The van der Waals surface area contributed by atoms with Gasteiger partial charge in [-0.1, -0.05) is 41.9 Å². The first-order chi connectivity index (χ1) is 23.8. The van der Waals surface area contributed by atoms with Crippen LogP contribution in [0.3, 0.4) is 0 Å². The van der Waals surface area contributed by atoms with Crippen LogP contribution in [0.1, 0.15) is 76.1 Å². The highest BCUT2D eigenvalue weighted by Gasteiger charge is 2.32. The molecular weight excluding hydrogens is 654 g/mol. The van der Waals surface area contributed by atoms with Crippen LogP contribution in [0.2, 0.25) is 5.02 Å². The van der Waals surface area contributed by atoms with Gasteiger partial charge in [-0.15, -0.1) is 21.5 Å². The molecule has 0 saturated heterocycles. The largest absolute Gasteiger partial charge is 0.370 e. The van der Waals surface area contributed by atoms with Crippen molar-refractivity contribution in [2.24, 2.45) is 4.99 Å². The van der Waals surface area contributed by atoms with Crippen LogP contribution >= 0.6 is 22.9 Å². The molecule has 2 aliphatic rings. The van der Waals surface area contributed by atoms with Crippen molar-refractivity contribution >= 4 is 46.2 Å². The second kappa shape index (κ2) is 14.1. The van der Waals surface area contributed by atoms with Gasteiger partial charge in [0, 0.05) is 58.7 Å². The molecule has 1 aliphatic carbocycles. The van der Waals surface area contributed by atoms with E-state index < -0.39 is 6.04 Å². The quantitative estimate of drug-likeness (QED) is 0.140. The highest BCUT2D eigenvalue weighted by atomic mass is 35.5. The number of anilines is 1. The number of aryl methyl sites for hydroxylation is 2. The average molecular weight is 692 g/mol. The van der Waals surface area contributed by atoms with Gasteiger partial charge in [-0.05, 0) is 86.6 Å². The molecule has 11 heteroatoms. The molecule has 2 aromatic carbocycles. The van der Waals surface area contributed by atoms with E-state index >= 15 is 0 Å². The number of carbonyl (C=O) groups excluding carboxylic acids is 2. The number of ketones is 1. The number of carbonyl (C=O) groups is 2. The normalized spacial score (nSPS) is 14.9. The van der Waals surface area contributed by atoms with Crippen molar-refractivity contribution in [1.29, 1.82) is 0 Å². The fourth-order valence-corrected chi connectivity index (χ4v) is 7.98. The van der Waals surface area contributed by atoms with Crippen LogP contribution in [0.5, 0.6) is 0 Å². The van der Waals surface area contributed by atoms with Crippen molar-refractivity contribution in [1.82, 2.24) is 25.1 Å². The standard InChI is InChI=1S/C38H38ClN7O2S/c1-22-23(2)49-38-34(22)35(25-11-13-29(39)14-12-25)43-32(37-45-44-24(3)46(37)38)21-33(48)40-15-5-4-6-16-41-36-31(8-7-17-42-36)27-10-9-26-19-30(47)20-28(26)18-27/h7-14,17-18,32H,4-6,15-16,19-21H2,1-3H3,(H,40,48)(H,41,42)/t32-/m0/s1. The molecule has 4 heterocycles. The summed E-state index contributed by atoms with van der Waals surface area (Å²) in [5.41, 5.74) is 8.34. The number of aliphatic imine (C=N–C) groups is 1. The van der Waals surface area contributed by atoms with Gasteiger partial charge in [0.25, 0.3) is 0 Å². The number of halogens is 1. The monoisotopic (exact) mass is 691 g/mol. The van der Waals surface area contributed by atoms with Gasteiger partial charge in [0.2, 0.25) is 5.91 Å². The van der Waals surface area contributed by atoms with Crippen molar-refractivity contribution in [3.63, 3.8) is 0 Å². The molecule has 1 atom stereocenters. The van der Waals surface area contributed by atoms with Gasteiger partial charge in [0.05, 0.1) is 12.1 Å². The van der Waals surface area contributed by atoms with Crippen LogP contribution in [0.15, 0.2) is 65.8 Å². The van der Waals surface area contributed by atoms with Crippen LogP contribution in [0.25, 0.3) is 16.1 Å². The third-order valence-corrected chi connectivity index (χ3v) is 10.7. The summed E-state index contributed by atoms with van der Waals surface area (Å²) in [5.74, 6) is 2.49. The minimum atomic E-state index is -0.492. The Morgan fingerprint density at radius 2 is 1.73 bits per heavy atom. The number of pyridine rings is 1. The zero-order valence-electron chi connectivity index (χ0n) is 27.8. The number of benzene rings is 2. The molecule has 1 aliphatic heterocycles. The molecule has 3 aromatic heterocycles. The first-order valence-corrected chi connectivity index (χ1v) is 17.9. The number of Topliss-reactive ketones (excluding diaryl/α,β-unsaturated/α-hetero) is 1. The Morgan fingerprint density at radius 3 is 2.57 bits per heavy atom. The number of thiophene rings is 1. The molecule has 2 N–H and O–H groups in total. The number of rotatable bonds is 11. The number of nitrogens with zero attached hydrogens (tertiary/aromatic N) is 5. The molecule has 0 spiro atoms. The molecule has 0 fully saturated rings. The molecule has 250 valence electrons. The first kappa shape index (κ1) is 32.9. The van der Waals surface area contributed by atoms with Gasteiger partial charge in [0.1, 0.15) is 28.5 Å². The number of aromatic nitrogens is 4. The van der Waals surface area contributed by atoms with Gasteiger partial charge < -0.3 is 10.6 Å². The van der Waals surface area contributed by atoms with Crippen LogP contribution in [-0.4, -0.2) is 50.2 Å². The van der Waals surface area contributed by atoms with Gasteiger partial charge in [-0.2, -0.15) is 0 Å². The average Bonchev–Trinajstić information content (AvgIpc) is 3.73. The lowest BCUT2D eigenvalue weighted by atomic mass is 9.99. The predicted molar refractivity (Wildman–Crippen MR) is 195 cm³/mol. The van der Waals surface area contributed by atoms with E-state index in [4.69, 9.17) is 16.6 Å². The third-order valence-electron chi connectivity index (χ3n) is 9.30. The van der Waals surface area contributed by atoms with E-state index in [9.17, 15) is 9.59 Å². The molecule has 0 saturated carbocycles. The Labute approximate surface area is 294 Å². The lowest BCUT2D eigenvalue weighted by Gasteiger charge is -2.13. The van der Waals surface area contributed by atoms with Crippen LogP contribution < -0.4 is 10.6 Å². The van der Waals surface area contributed by atoms with E-state index in [1.807, 2.05) is 37.3 Å². The minimum Gasteiger partial charge on any atom is -0.370 e.